The van der Waals surface area contributed by atoms with Crippen LogP contribution in [0.4, 0.5) is 4.79 Å². The Morgan fingerprint density at radius 3 is 2.97 bits per heavy atom. The van der Waals surface area contributed by atoms with Crippen LogP contribution in [0.25, 0.3) is 33.5 Å². The lowest BCUT2D eigenvalue weighted by molar-refractivity contribution is 0.197. The smallest absolute Gasteiger partial charge is 0.406 e. The fourth-order valence-electron chi connectivity index (χ4n) is 3.50. The third kappa shape index (κ3) is 3.63. The molecule has 0 spiro atoms. The Kier molecular flexibility index (Phi) is 4.95. The summed E-state index contributed by atoms with van der Waals surface area (Å²) in [5, 5.41) is 8.88. The summed E-state index contributed by atoms with van der Waals surface area (Å²) in [6.07, 6.45) is 5.95. The van der Waals surface area contributed by atoms with E-state index in [4.69, 9.17) is 16.3 Å². The molecule has 0 aliphatic rings. The van der Waals surface area contributed by atoms with Crippen LogP contribution in [-0.2, 0) is 7.05 Å². The molecule has 32 heavy (non-hydrogen) atoms. The van der Waals surface area contributed by atoms with Crippen molar-refractivity contribution in [3.8, 4) is 17.1 Å². The first-order chi connectivity index (χ1) is 15.5. The summed E-state index contributed by atoms with van der Waals surface area (Å²) < 4.78 is 7.25. The van der Waals surface area contributed by atoms with Gasteiger partial charge in [0.2, 0.25) is 0 Å². The number of benzene rings is 1. The number of aromatic nitrogens is 6. The van der Waals surface area contributed by atoms with Crippen LogP contribution in [0, 0.1) is 0 Å². The Morgan fingerprint density at radius 2 is 2.16 bits per heavy atom. The summed E-state index contributed by atoms with van der Waals surface area (Å²) in [4.78, 5) is 28.6. The van der Waals surface area contributed by atoms with Crippen molar-refractivity contribution in [2.75, 3.05) is 0 Å². The van der Waals surface area contributed by atoms with Crippen molar-refractivity contribution < 1.29 is 9.53 Å². The maximum atomic E-state index is 12.5. The molecular weight excluding hydrogens is 430 g/mol. The van der Waals surface area contributed by atoms with Gasteiger partial charge in [0.15, 0.2) is 16.9 Å². The van der Waals surface area contributed by atoms with Gasteiger partial charge in [0.05, 0.1) is 17.8 Å². The lowest BCUT2D eigenvalue weighted by Gasteiger charge is -2.13. The van der Waals surface area contributed by atoms with Crippen molar-refractivity contribution in [3.63, 3.8) is 0 Å². The van der Waals surface area contributed by atoms with Crippen LogP contribution in [0.15, 0.2) is 55.1 Å². The molecule has 0 fully saturated rings. The van der Waals surface area contributed by atoms with E-state index in [1.54, 1.807) is 35.5 Å². The van der Waals surface area contributed by atoms with E-state index >= 15 is 0 Å². The molecule has 0 aliphatic carbocycles. The minimum atomic E-state index is -0.604. The second-order valence-corrected chi connectivity index (χ2v) is 7.72. The monoisotopic (exact) mass is 447 g/mol. The van der Waals surface area contributed by atoms with Crippen molar-refractivity contribution in [1.29, 1.82) is 0 Å². The average molecular weight is 448 g/mol. The van der Waals surface area contributed by atoms with E-state index in [1.165, 1.54) is 0 Å². The fourth-order valence-corrected chi connectivity index (χ4v) is 3.67. The molecular formula is C22H18ClN7O2. The minimum Gasteiger partial charge on any atom is -0.406 e. The van der Waals surface area contributed by atoms with E-state index in [9.17, 15) is 4.79 Å². The Bertz CT molecular complexity index is 1450. The van der Waals surface area contributed by atoms with E-state index in [0.29, 0.717) is 27.6 Å². The van der Waals surface area contributed by atoms with E-state index in [0.717, 1.165) is 16.5 Å². The number of rotatable bonds is 4. The summed E-state index contributed by atoms with van der Waals surface area (Å²) in [6, 6.07) is 8.97. The number of amides is 1. The summed E-state index contributed by atoms with van der Waals surface area (Å²) in [7, 11) is 1.84. The Labute approximate surface area is 187 Å². The van der Waals surface area contributed by atoms with Crippen molar-refractivity contribution in [1.82, 2.24) is 35.0 Å². The van der Waals surface area contributed by atoms with Gasteiger partial charge in [0.1, 0.15) is 11.4 Å². The number of carbonyl (C=O) groups excluding carboxylic acids is 1. The maximum absolute atomic E-state index is 12.5. The van der Waals surface area contributed by atoms with Crippen molar-refractivity contribution in [2.24, 2.45) is 7.05 Å². The predicted octanol–water partition coefficient (Wildman–Crippen LogP) is 4.41. The number of nitrogens with zero attached hydrogens (tertiary/aromatic N) is 5. The molecule has 4 heterocycles. The summed E-state index contributed by atoms with van der Waals surface area (Å²) in [5.41, 5.74) is 3.89. The van der Waals surface area contributed by atoms with Gasteiger partial charge in [-0.3, -0.25) is 9.67 Å². The van der Waals surface area contributed by atoms with Crippen LogP contribution < -0.4 is 10.1 Å². The van der Waals surface area contributed by atoms with Gasteiger partial charge in [0, 0.05) is 36.0 Å². The minimum absolute atomic E-state index is 0.269. The van der Waals surface area contributed by atoms with E-state index in [1.807, 2.05) is 38.2 Å². The number of nitrogens with one attached hydrogen (secondary N) is 2. The number of pyridine rings is 1. The number of aromatic amines is 1. The molecule has 5 aromatic rings. The van der Waals surface area contributed by atoms with Gasteiger partial charge in [-0.05, 0) is 36.8 Å². The molecule has 0 radical (unpaired) electrons. The summed E-state index contributed by atoms with van der Waals surface area (Å²) in [5.74, 6) is 0.272. The molecule has 160 valence electrons. The summed E-state index contributed by atoms with van der Waals surface area (Å²) in [6.45, 7) is 1.85. The molecule has 1 atom stereocenters. The van der Waals surface area contributed by atoms with Gasteiger partial charge in [-0.1, -0.05) is 17.7 Å². The zero-order valence-corrected chi connectivity index (χ0v) is 18.0. The third-order valence-corrected chi connectivity index (χ3v) is 5.36. The quantitative estimate of drug-likeness (QED) is 0.422. The number of ether oxygens (including phenoxy) is 1. The lowest BCUT2D eigenvalue weighted by Crippen LogP contribution is -2.29. The van der Waals surface area contributed by atoms with E-state index < -0.39 is 6.09 Å². The van der Waals surface area contributed by atoms with Crippen LogP contribution in [0.2, 0.25) is 5.02 Å². The predicted molar refractivity (Wildman–Crippen MR) is 120 cm³/mol. The van der Waals surface area contributed by atoms with Gasteiger partial charge in [-0.2, -0.15) is 5.10 Å². The topological polar surface area (TPSA) is 111 Å². The Balaban J connectivity index is 1.44. The van der Waals surface area contributed by atoms with Crippen LogP contribution in [0.1, 0.15) is 18.5 Å². The number of halogens is 1. The van der Waals surface area contributed by atoms with Crippen molar-refractivity contribution in [3.05, 3.63) is 65.7 Å². The molecule has 1 amide bonds. The molecule has 0 aliphatic heterocycles. The Hall–Kier alpha value is -3.98. The fraction of sp³-hybridized carbons (Fsp3) is 0.136. The molecule has 10 heteroatoms. The highest BCUT2D eigenvalue weighted by Gasteiger charge is 2.18. The largest absolute Gasteiger partial charge is 0.413 e. The molecule has 9 nitrogen and oxygen atoms in total. The van der Waals surface area contributed by atoms with Gasteiger partial charge < -0.3 is 15.0 Å². The van der Waals surface area contributed by atoms with Gasteiger partial charge in [0.25, 0.3) is 0 Å². The van der Waals surface area contributed by atoms with Crippen LogP contribution in [0.3, 0.4) is 0 Å². The van der Waals surface area contributed by atoms with Crippen molar-refractivity contribution >= 4 is 39.8 Å². The standard InChI is InChI=1S/C22H18ClN7O2/c1-12(13-4-3-7-24-9-13)27-22(31)32-18-11-26-21-20(18)28-16(10-25-21)19-15-6-5-14(23)8-17(15)30(2)29-19/h3-12H,1-2H3,(H,25,26)(H,27,31). The molecule has 2 N–H and O–H groups in total. The van der Waals surface area contributed by atoms with Crippen molar-refractivity contribution in [2.45, 2.75) is 13.0 Å². The number of hydrogen-bond acceptors (Lipinski definition) is 6. The number of hydrogen-bond donors (Lipinski definition) is 2. The first-order valence-electron chi connectivity index (χ1n) is 9.84. The van der Waals surface area contributed by atoms with Gasteiger partial charge in [-0.15, -0.1) is 0 Å². The molecule has 5 rings (SSSR count). The highest BCUT2D eigenvalue weighted by molar-refractivity contribution is 6.31. The zero-order valence-electron chi connectivity index (χ0n) is 17.2. The molecule has 1 aromatic carbocycles. The first kappa shape index (κ1) is 20.0. The molecule has 0 saturated carbocycles. The second-order valence-electron chi connectivity index (χ2n) is 7.28. The van der Waals surface area contributed by atoms with Crippen LogP contribution >= 0.6 is 11.6 Å². The maximum Gasteiger partial charge on any atom is 0.413 e. The summed E-state index contributed by atoms with van der Waals surface area (Å²) >= 11 is 6.12. The van der Waals surface area contributed by atoms with Gasteiger partial charge in [-0.25, -0.2) is 14.8 Å². The SMILES string of the molecule is CC(NC(=O)Oc1c[nH]c2ncc(-c3nn(C)c4cc(Cl)ccc34)nc12)c1cccnc1. The number of fused-ring (bicyclic) bond motifs is 2. The molecule has 1 unspecified atom stereocenters. The number of aryl methyl sites for hydroxylation is 1. The highest BCUT2D eigenvalue weighted by atomic mass is 35.5. The molecule has 4 aromatic heterocycles. The lowest BCUT2D eigenvalue weighted by atomic mass is 10.1. The van der Waals surface area contributed by atoms with Crippen LogP contribution in [0.5, 0.6) is 5.75 Å². The van der Waals surface area contributed by atoms with Crippen LogP contribution in [-0.4, -0.2) is 35.8 Å². The van der Waals surface area contributed by atoms with E-state index in [-0.39, 0.29) is 11.8 Å². The molecule has 0 bridgehead atoms. The van der Waals surface area contributed by atoms with Gasteiger partial charge >= 0.3 is 6.09 Å². The number of carbonyl (C=O) groups is 1. The number of H-pyrrole nitrogens is 1. The second kappa shape index (κ2) is 7.93. The highest BCUT2D eigenvalue weighted by Crippen LogP contribution is 2.30. The average Bonchev–Trinajstić information content (AvgIpc) is 3.34. The normalized spacial score (nSPS) is 12.2. The first-order valence-corrected chi connectivity index (χ1v) is 10.2. The molecule has 0 saturated heterocycles. The zero-order chi connectivity index (χ0) is 22.2. The van der Waals surface area contributed by atoms with E-state index in [2.05, 4.69) is 30.4 Å². The third-order valence-electron chi connectivity index (χ3n) is 5.12. The Morgan fingerprint density at radius 1 is 1.28 bits per heavy atom.